The van der Waals surface area contributed by atoms with E-state index in [2.05, 4.69) is 83.6 Å². The molecule has 8 aromatic heterocycles. The topological polar surface area (TPSA) is 230 Å². The number of hydrogen-bond acceptors (Lipinski definition) is 10. The standard InChI is InChI=1S/C27H29FN4O.C25H25FN4O.C24H22ClF2N3.C24H23F2N3/c1-16(26-30-24-10-8-19(14-25(24)31-26)27(33)32(2)3)17-4-6-18(7-5-17)21-12-13-29-23-11-9-20(28)15-22(21)23;1-14(25-29-22-8-6-17(24(27)31)12-23(22)30-25)15-2-4-16(5-3-15)19-10-11-28-21-9-7-18(26)13-20(19)21;1-13(24-29-22-11-19(25)20(27)12-23(22)30-24)14-2-4-15(5-3-14)17-8-9-28-21-7-6-16(26)10-18(17)21;1-14(24-28-22-9-7-18(26)13-23(22)29-24)15-2-4-16(5-3-15)19-10-11-27-21-8-6-17(25)12-20(19)21/h8-18H,4-7H2,1-3H3,(H,30,31);6-16H,2-5H2,1H3,(H2,27,31)(H,29,30);6-15H,2-5H2,1H3,(H,29,30);6-16H,2-5H2,1H3,(H,28,29)/t16-,17?,18?;14-,15?,16?;13-,14?,15?;14-,15?,16?/m1111/s1. The van der Waals surface area contributed by atoms with Crippen molar-refractivity contribution in [1.82, 2.24) is 64.7 Å². The highest BCUT2D eigenvalue weighted by molar-refractivity contribution is 6.31. The van der Waals surface area contributed by atoms with E-state index >= 15 is 0 Å². The summed E-state index contributed by atoms with van der Waals surface area (Å²) in [6.07, 6.45) is 24.6. The van der Waals surface area contributed by atoms with Gasteiger partial charge in [-0.2, -0.15) is 0 Å². The number of nitrogens with one attached hydrogen (secondary N) is 4. The molecule has 20 rings (SSSR count). The first kappa shape index (κ1) is 83.4. The van der Waals surface area contributed by atoms with Crippen LogP contribution in [0.1, 0.15) is 244 Å². The zero-order chi connectivity index (χ0) is 85.4. The maximum Gasteiger partial charge on any atom is 0.253 e. The second-order valence-corrected chi connectivity index (χ2v) is 35.2. The van der Waals surface area contributed by atoms with E-state index in [1.807, 2.05) is 67.3 Å². The van der Waals surface area contributed by atoms with Crippen LogP contribution in [0.2, 0.25) is 5.02 Å². The Kier molecular flexibility index (Phi) is 24.3. The number of imidazole rings is 4. The van der Waals surface area contributed by atoms with Gasteiger partial charge in [0.1, 0.15) is 58.2 Å². The number of nitrogens with two attached hydrogens (primary N) is 1. The highest BCUT2D eigenvalue weighted by atomic mass is 35.5. The van der Waals surface area contributed by atoms with Gasteiger partial charge in [0.2, 0.25) is 5.91 Å². The fraction of sp³-hybridized carbons (Fsp3) is 0.340. The maximum absolute atomic E-state index is 13.9. The van der Waals surface area contributed by atoms with E-state index in [9.17, 15) is 35.9 Å². The normalized spacial score (nSPS) is 20.3. The summed E-state index contributed by atoms with van der Waals surface area (Å²) in [5, 5.41) is 3.82. The Morgan fingerprint density at radius 1 is 0.341 bits per heavy atom. The molecule has 2 amide bonds. The molecule has 8 heterocycles. The summed E-state index contributed by atoms with van der Waals surface area (Å²) in [6, 6.07) is 46.2. The largest absolute Gasteiger partial charge is 0.366 e. The van der Waals surface area contributed by atoms with E-state index in [0.29, 0.717) is 75.4 Å². The van der Waals surface area contributed by atoms with E-state index in [1.165, 1.54) is 64.7 Å². The van der Waals surface area contributed by atoms with Crippen molar-refractivity contribution < 1.29 is 35.9 Å². The van der Waals surface area contributed by atoms with Gasteiger partial charge in [-0.15, -0.1) is 0 Å². The summed E-state index contributed by atoms with van der Waals surface area (Å²) < 4.78 is 82.5. The monoisotopic (exact) mass is 1680 g/mol. The third-order valence-corrected chi connectivity index (χ3v) is 27.6. The fourth-order valence-electron chi connectivity index (χ4n) is 20.1. The Balaban J connectivity index is 0.000000116. The number of aromatic amines is 4. The number of benzene rings is 8. The molecule has 6 N–H and O–H groups in total. The molecule has 0 radical (unpaired) electrons. The summed E-state index contributed by atoms with van der Waals surface area (Å²) in [5.74, 6) is 6.66. The Morgan fingerprint density at radius 3 is 0.927 bits per heavy atom. The highest BCUT2D eigenvalue weighted by Gasteiger charge is 2.35. The molecule has 630 valence electrons. The molecule has 4 saturated carbocycles. The number of nitrogens with zero attached hydrogens (tertiary/aromatic N) is 9. The number of hydrogen-bond donors (Lipinski definition) is 5. The van der Waals surface area contributed by atoms with Gasteiger partial charge in [-0.25, -0.2) is 46.3 Å². The molecule has 4 aliphatic carbocycles. The van der Waals surface area contributed by atoms with Gasteiger partial charge < -0.3 is 30.6 Å². The minimum absolute atomic E-state index is 0.0112. The Bertz CT molecular complexity index is 6530. The molecule has 123 heavy (non-hydrogen) atoms. The molecular formula is C100H99ClF6N14O2. The van der Waals surface area contributed by atoms with Crippen LogP contribution in [-0.2, 0) is 0 Å². The van der Waals surface area contributed by atoms with Gasteiger partial charge in [0.25, 0.3) is 5.91 Å². The number of rotatable bonds is 14. The number of primary amides is 1. The van der Waals surface area contributed by atoms with E-state index < -0.39 is 11.7 Å². The van der Waals surface area contributed by atoms with E-state index in [4.69, 9.17) is 27.3 Å². The highest BCUT2D eigenvalue weighted by Crippen LogP contribution is 2.49. The average molecular weight is 1680 g/mol. The van der Waals surface area contributed by atoms with Crippen LogP contribution in [0, 0.1) is 58.6 Å². The second-order valence-electron chi connectivity index (χ2n) is 34.8. The van der Waals surface area contributed by atoms with Gasteiger partial charge in [-0.1, -0.05) is 39.3 Å². The Labute approximate surface area is 714 Å². The molecule has 0 unspecified atom stereocenters. The van der Waals surface area contributed by atoms with Crippen molar-refractivity contribution in [3.8, 4) is 0 Å². The van der Waals surface area contributed by atoms with Gasteiger partial charge in [-0.05, 0) is 330 Å². The number of carbonyl (C=O) groups is 2. The molecule has 16 nitrogen and oxygen atoms in total. The summed E-state index contributed by atoms with van der Waals surface area (Å²) in [6.45, 7) is 8.84. The van der Waals surface area contributed by atoms with Crippen LogP contribution >= 0.6 is 11.6 Å². The summed E-state index contributed by atoms with van der Waals surface area (Å²) in [7, 11) is 3.52. The number of halogens is 7. The molecule has 23 heteroatoms. The fourth-order valence-corrected chi connectivity index (χ4v) is 20.2. The Morgan fingerprint density at radius 2 is 0.610 bits per heavy atom. The zero-order valence-corrected chi connectivity index (χ0v) is 70.5. The first-order chi connectivity index (χ1) is 59.5. The molecule has 0 saturated heterocycles. The quantitative estimate of drug-likeness (QED) is 0.0647. The molecule has 0 spiro atoms. The van der Waals surface area contributed by atoms with Crippen LogP contribution < -0.4 is 5.73 Å². The molecule has 4 fully saturated rings. The van der Waals surface area contributed by atoms with Crippen LogP contribution in [0.5, 0.6) is 0 Å². The van der Waals surface area contributed by atoms with Crippen LogP contribution in [-0.4, -0.2) is 90.6 Å². The smallest absolute Gasteiger partial charge is 0.253 e. The van der Waals surface area contributed by atoms with E-state index in [1.54, 1.807) is 91.8 Å². The lowest BCUT2D eigenvalue weighted by Crippen LogP contribution is -2.21. The predicted octanol–water partition coefficient (Wildman–Crippen LogP) is 25.0. The lowest BCUT2D eigenvalue weighted by Gasteiger charge is -2.32. The van der Waals surface area contributed by atoms with Gasteiger partial charge in [-0.3, -0.25) is 29.5 Å². The van der Waals surface area contributed by atoms with Crippen molar-refractivity contribution >= 4 is 111 Å². The number of carbonyl (C=O) groups excluding carboxylic acids is 2. The molecule has 4 atom stereocenters. The molecule has 0 aliphatic heterocycles. The lowest BCUT2D eigenvalue weighted by atomic mass is 9.73. The first-order valence-electron chi connectivity index (χ1n) is 43.1. The Hall–Kier alpha value is -11.9. The molecule has 16 aromatic rings. The van der Waals surface area contributed by atoms with Crippen molar-refractivity contribution in [3.63, 3.8) is 0 Å². The minimum Gasteiger partial charge on any atom is -0.366 e. The minimum atomic E-state index is -0.437. The SMILES string of the molecule is C[C@@H](c1nc2cc(Cl)c(F)cc2[nH]1)C1CCC(c2ccnc3ccc(F)cc23)CC1.C[C@@H](c1nc2ccc(C(=O)N(C)C)cc2[nH]1)C1CCC(c2ccnc3ccc(F)cc23)CC1.C[C@@H](c1nc2ccc(C(N)=O)cc2[nH]1)C1CCC(c2ccnc3ccc(F)cc23)CC1.C[C@@H](c1nc2ccc(F)cc2[nH]1)C1CCC(c2ccnc3ccc(F)cc23)CC1. The van der Waals surface area contributed by atoms with Crippen LogP contribution in [0.15, 0.2) is 189 Å². The number of H-pyrrole nitrogens is 4. The van der Waals surface area contributed by atoms with Crippen LogP contribution in [0.25, 0.3) is 87.7 Å². The zero-order valence-electron chi connectivity index (χ0n) is 69.7. The molecule has 8 aromatic carbocycles. The maximum atomic E-state index is 13.9. The van der Waals surface area contributed by atoms with E-state index in [0.717, 1.165) is 203 Å². The van der Waals surface area contributed by atoms with Crippen molar-refractivity contribution in [2.24, 2.45) is 29.4 Å². The summed E-state index contributed by atoms with van der Waals surface area (Å²) in [4.78, 5) is 75.2. The van der Waals surface area contributed by atoms with Gasteiger partial charge in [0, 0.05) is 101 Å². The molecule has 4 aliphatic rings. The number of pyridine rings is 4. The molecule has 0 bridgehead atoms. The van der Waals surface area contributed by atoms with Crippen LogP contribution in [0.4, 0.5) is 26.3 Å². The van der Waals surface area contributed by atoms with E-state index in [-0.39, 0.29) is 57.8 Å². The molecular weight excluding hydrogens is 1580 g/mol. The average Bonchev–Trinajstić information content (AvgIpc) is 1.80. The number of aromatic nitrogens is 12. The summed E-state index contributed by atoms with van der Waals surface area (Å²) >= 11 is 5.89. The third kappa shape index (κ3) is 18.0. The number of fused-ring (bicyclic) bond motifs is 8. The van der Waals surface area contributed by atoms with Crippen molar-refractivity contribution in [3.05, 3.63) is 285 Å². The summed E-state index contributed by atoms with van der Waals surface area (Å²) in [5.41, 5.74) is 21.2. The van der Waals surface area contributed by atoms with Crippen molar-refractivity contribution in [2.75, 3.05) is 14.1 Å². The predicted molar refractivity (Wildman–Crippen MR) is 475 cm³/mol. The van der Waals surface area contributed by atoms with Crippen molar-refractivity contribution in [1.29, 1.82) is 0 Å². The van der Waals surface area contributed by atoms with Gasteiger partial charge >= 0.3 is 0 Å². The van der Waals surface area contributed by atoms with Crippen LogP contribution in [0.3, 0.4) is 0 Å². The lowest BCUT2D eigenvalue weighted by molar-refractivity contribution is 0.0827. The number of amides is 2. The van der Waals surface area contributed by atoms with Gasteiger partial charge in [0.05, 0.1) is 71.2 Å². The van der Waals surface area contributed by atoms with Crippen molar-refractivity contribution in [2.45, 2.75) is 178 Å². The van der Waals surface area contributed by atoms with Gasteiger partial charge in [0.15, 0.2) is 0 Å². The third-order valence-electron chi connectivity index (χ3n) is 27.3. The first-order valence-corrected chi connectivity index (χ1v) is 43.5. The second kappa shape index (κ2) is 35.9.